The van der Waals surface area contributed by atoms with Gasteiger partial charge in [0.2, 0.25) is 11.0 Å². The number of benzene rings is 1. The minimum atomic E-state index is -0.00925. The maximum absolute atomic E-state index is 12.1. The maximum Gasteiger partial charge on any atom is 0.229 e. The van der Waals surface area contributed by atoms with Crippen molar-refractivity contribution in [3.8, 4) is 22.1 Å². The average Bonchev–Trinajstić information content (AvgIpc) is 3.03. The Kier molecular flexibility index (Phi) is 5.92. The Morgan fingerprint density at radius 3 is 2.48 bits per heavy atom. The molecule has 1 N–H and O–H groups in total. The zero-order valence-corrected chi connectivity index (χ0v) is 14.6. The van der Waals surface area contributed by atoms with E-state index in [4.69, 9.17) is 9.47 Å². The maximum atomic E-state index is 12.1. The molecule has 0 bridgehead atoms. The summed E-state index contributed by atoms with van der Waals surface area (Å²) >= 11 is 1.33. The van der Waals surface area contributed by atoms with Crippen molar-refractivity contribution in [3.05, 3.63) is 18.2 Å². The molecule has 0 fully saturated rings. The minimum absolute atomic E-state index is 0.00318. The molecule has 23 heavy (non-hydrogen) atoms. The summed E-state index contributed by atoms with van der Waals surface area (Å²) in [5.74, 6) is 1.28. The van der Waals surface area contributed by atoms with Crippen molar-refractivity contribution in [2.24, 2.45) is 5.92 Å². The summed E-state index contributed by atoms with van der Waals surface area (Å²) < 4.78 is 10.5. The van der Waals surface area contributed by atoms with E-state index in [9.17, 15) is 4.79 Å². The van der Waals surface area contributed by atoms with Crippen LogP contribution in [0.1, 0.15) is 26.7 Å². The van der Waals surface area contributed by atoms with Gasteiger partial charge in [0.15, 0.2) is 11.5 Å². The van der Waals surface area contributed by atoms with E-state index in [1.54, 1.807) is 14.2 Å². The lowest BCUT2D eigenvalue weighted by Crippen LogP contribution is -2.21. The number of hydrogen-bond donors (Lipinski definition) is 1. The lowest BCUT2D eigenvalue weighted by atomic mass is 10.0. The zero-order valence-electron chi connectivity index (χ0n) is 13.8. The van der Waals surface area contributed by atoms with Gasteiger partial charge in [0.1, 0.15) is 5.01 Å². The van der Waals surface area contributed by atoms with Gasteiger partial charge in [-0.1, -0.05) is 25.2 Å². The highest BCUT2D eigenvalue weighted by Crippen LogP contribution is 2.34. The molecule has 0 aliphatic heterocycles. The highest BCUT2D eigenvalue weighted by molar-refractivity contribution is 7.18. The normalized spacial score (nSPS) is 10.7. The first-order valence-corrected chi connectivity index (χ1v) is 8.31. The first kappa shape index (κ1) is 17.2. The molecule has 1 aromatic heterocycles. The van der Waals surface area contributed by atoms with Gasteiger partial charge in [-0.3, -0.25) is 4.79 Å². The molecule has 0 radical (unpaired) electrons. The van der Waals surface area contributed by atoms with E-state index in [2.05, 4.69) is 15.5 Å². The summed E-state index contributed by atoms with van der Waals surface area (Å²) in [6.07, 6.45) is 1.62. The Morgan fingerprint density at radius 1 is 1.17 bits per heavy atom. The summed E-state index contributed by atoms with van der Waals surface area (Å²) in [5, 5.41) is 12.2. The van der Waals surface area contributed by atoms with Gasteiger partial charge in [-0.05, 0) is 31.0 Å². The molecule has 0 saturated heterocycles. The number of anilines is 1. The molecule has 0 saturated carbocycles. The fourth-order valence-electron chi connectivity index (χ4n) is 2.23. The van der Waals surface area contributed by atoms with Crippen LogP contribution in [0.3, 0.4) is 0 Å². The fraction of sp³-hybridized carbons (Fsp3) is 0.438. The number of nitrogens with zero attached hydrogens (tertiary/aromatic N) is 2. The van der Waals surface area contributed by atoms with Crippen LogP contribution in [0.2, 0.25) is 0 Å². The topological polar surface area (TPSA) is 73.3 Å². The van der Waals surface area contributed by atoms with Crippen LogP contribution < -0.4 is 14.8 Å². The SMILES string of the molecule is CCC(CC)C(=O)Nc1nnc(-c2ccc(OC)c(OC)c2)s1. The molecule has 1 heterocycles. The lowest BCUT2D eigenvalue weighted by Gasteiger charge is -2.10. The number of methoxy groups -OCH3 is 2. The Labute approximate surface area is 139 Å². The number of carbonyl (C=O) groups is 1. The van der Waals surface area contributed by atoms with Crippen molar-refractivity contribution >= 4 is 22.4 Å². The molecular weight excluding hydrogens is 314 g/mol. The highest BCUT2D eigenvalue weighted by atomic mass is 32.1. The third kappa shape index (κ3) is 3.98. The van der Waals surface area contributed by atoms with Gasteiger partial charge in [0.25, 0.3) is 0 Å². The zero-order chi connectivity index (χ0) is 16.8. The standard InChI is InChI=1S/C16H21N3O3S/c1-5-10(6-2)14(20)17-16-19-18-15(23-16)11-7-8-12(21-3)13(9-11)22-4/h7-10H,5-6H2,1-4H3,(H,17,19,20). The quantitative estimate of drug-likeness (QED) is 0.837. The van der Waals surface area contributed by atoms with Gasteiger partial charge in [-0.2, -0.15) is 0 Å². The van der Waals surface area contributed by atoms with E-state index in [1.165, 1.54) is 11.3 Å². The monoisotopic (exact) mass is 335 g/mol. The van der Waals surface area contributed by atoms with Gasteiger partial charge in [-0.25, -0.2) is 0 Å². The first-order valence-electron chi connectivity index (χ1n) is 7.49. The van der Waals surface area contributed by atoms with E-state index < -0.39 is 0 Å². The van der Waals surface area contributed by atoms with Crippen LogP contribution in [0, 0.1) is 5.92 Å². The number of aromatic nitrogens is 2. The molecular formula is C16H21N3O3S. The largest absolute Gasteiger partial charge is 0.493 e. The molecule has 2 rings (SSSR count). The van der Waals surface area contributed by atoms with E-state index in [-0.39, 0.29) is 11.8 Å². The van der Waals surface area contributed by atoms with Crippen LogP contribution in [0.4, 0.5) is 5.13 Å². The number of nitrogens with one attached hydrogen (secondary N) is 1. The summed E-state index contributed by atoms with van der Waals surface area (Å²) in [6.45, 7) is 4.01. The van der Waals surface area contributed by atoms with E-state index >= 15 is 0 Å². The molecule has 0 atom stereocenters. The predicted octanol–water partition coefficient (Wildman–Crippen LogP) is 3.60. The van der Waals surface area contributed by atoms with Crippen LogP contribution in [0.5, 0.6) is 11.5 Å². The molecule has 1 amide bonds. The molecule has 124 valence electrons. The van der Waals surface area contributed by atoms with E-state index in [1.807, 2.05) is 32.0 Å². The number of carbonyl (C=O) groups excluding carboxylic acids is 1. The van der Waals surface area contributed by atoms with Crippen molar-refractivity contribution in [3.63, 3.8) is 0 Å². The smallest absolute Gasteiger partial charge is 0.229 e. The molecule has 0 unspecified atom stereocenters. The number of amides is 1. The van der Waals surface area contributed by atoms with Crippen molar-refractivity contribution in [2.45, 2.75) is 26.7 Å². The summed E-state index contributed by atoms with van der Waals surface area (Å²) in [7, 11) is 3.18. The second kappa shape index (κ2) is 7.92. The third-order valence-electron chi connectivity index (χ3n) is 3.64. The molecule has 2 aromatic rings. The van der Waals surface area contributed by atoms with Crippen molar-refractivity contribution < 1.29 is 14.3 Å². The summed E-state index contributed by atoms with van der Waals surface area (Å²) in [6, 6.07) is 5.54. The first-order chi connectivity index (χ1) is 11.1. The molecule has 1 aromatic carbocycles. The Bertz CT molecular complexity index is 668. The molecule has 0 spiro atoms. The van der Waals surface area contributed by atoms with Crippen molar-refractivity contribution in [1.82, 2.24) is 10.2 Å². The predicted molar refractivity (Wildman–Crippen MR) is 91.2 cm³/mol. The molecule has 0 aliphatic carbocycles. The van der Waals surface area contributed by atoms with Gasteiger partial charge in [0.05, 0.1) is 14.2 Å². The van der Waals surface area contributed by atoms with Crippen LogP contribution in [-0.4, -0.2) is 30.3 Å². The van der Waals surface area contributed by atoms with Crippen molar-refractivity contribution in [1.29, 1.82) is 0 Å². The Hall–Kier alpha value is -2.15. The van der Waals surface area contributed by atoms with Crippen LogP contribution in [0.25, 0.3) is 10.6 Å². The summed E-state index contributed by atoms with van der Waals surface area (Å²) in [5.41, 5.74) is 0.864. The number of ether oxygens (including phenoxy) is 2. The number of hydrogen-bond acceptors (Lipinski definition) is 6. The number of rotatable bonds is 7. The summed E-state index contributed by atoms with van der Waals surface area (Å²) in [4.78, 5) is 12.1. The van der Waals surface area contributed by atoms with Crippen LogP contribution >= 0.6 is 11.3 Å². The molecule has 0 aliphatic rings. The second-order valence-electron chi connectivity index (χ2n) is 4.98. The Balaban J connectivity index is 2.17. The second-order valence-corrected chi connectivity index (χ2v) is 5.96. The average molecular weight is 335 g/mol. The Morgan fingerprint density at radius 2 is 1.87 bits per heavy atom. The molecule has 6 nitrogen and oxygen atoms in total. The van der Waals surface area contributed by atoms with Gasteiger partial charge in [-0.15, -0.1) is 10.2 Å². The van der Waals surface area contributed by atoms with E-state index in [0.29, 0.717) is 21.6 Å². The van der Waals surface area contributed by atoms with Gasteiger partial charge >= 0.3 is 0 Å². The third-order valence-corrected chi connectivity index (χ3v) is 4.53. The van der Waals surface area contributed by atoms with Crippen LogP contribution in [0.15, 0.2) is 18.2 Å². The molecule has 7 heteroatoms. The van der Waals surface area contributed by atoms with Crippen LogP contribution in [-0.2, 0) is 4.79 Å². The fourth-order valence-corrected chi connectivity index (χ4v) is 2.97. The van der Waals surface area contributed by atoms with Gasteiger partial charge in [0, 0.05) is 11.5 Å². The van der Waals surface area contributed by atoms with Crippen molar-refractivity contribution in [2.75, 3.05) is 19.5 Å². The highest BCUT2D eigenvalue weighted by Gasteiger charge is 2.17. The van der Waals surface area contributed by atoms with Gasteiger partial charge < -0.3 is 14.8 Å². The van der Waals surface area contributed by atoms with E-state index in [0.717, 1.165) is 18.4 Å². The lowest BCUT2D eigenvalue weighted by molar-refractivity contribution is -0.120. The minimum Gasteiger partial charge on any atom is -0.493 e.